The third-order valence-electron chi connectivity index (χ3n) is 6.00. The van der Waals surface area contributed by atoms with Gasteiger partial charge in [-0.05, 0) is 81.4 Å². The van der Waals surface area contributed by atoms with E-state index in [2.05, 4.69) is 16.0 Å². The van der Waals surface area contributed by atoms with Crippen molar-refractivity contribution in [3.63, 3.8) is 0 Å². The molecule has 6 heteroatoms. The Kier molecular flexibility index (Phi) is 5.99. The van der Waals surface area contributed by atoms with Gasteiger partial charge in [-0.1, -0.05) is 18.2 Å². The molecule has 32 heavy (non-hydrogen) atoms. The van der Waals surface area contributed by atoms with Crippen LogP contribution in [0.4, 0.5) is 5.69 Å². The number of carbonyl (C=O) groups excluding carboxylic acids is 1. The fourth-order valence-electron chi connectivity index (χ4n) is 4.28. The van der Waals surface area contributed by atoms with E-state index in [9.17, 15) is 15.3 Å². The first-order valence-electron chi connectivity index (χ1n) is 10.7. The number of rotatable bonds is 4. The SMILES string of the molecule is Cc1ccccc1NC(=O)/C(C#N)=C\c1cc(C)n(-c2sc3c(c2C#N)CCCC3)c1C. The highest BCUT2D eigenvalue weighted by atomic mass is 32.1. The Morgan fingerprint density at radius 3 is 2.62 bits per heavy atom. The lowest BCUT2D eigenvalue weighted by molar-refractivity contribution is -0.112. The standard InChI is InChI=1S/C26H24N4OS/c1-16-8-4-6-10-23(16)29-25(31)20(14-27)13-19-12-17(2)30(18(19)3)26-22(15-28)21-9-5-7-11-24(21)32-26/h4,6,8,10,12-13H,5,7,9,11H2,1-3H3,(H,29,31)/b20-13-. The van der Waals surface area contributed by atoms with E-state index in [1.54, 1.807) is 17.4 Å². The van der Waals surface area contributed by atoms with Gasteiger partial charge in [0.15, 0.2) is 0 Å². The number of nitriles is 2. The van der Waals surface area contributed by atoms with Crippen molar-refractivity contribution in [3.05, 3.63) is 74.4 Å². The van der Waals surface area contributed by atoms with Crippen LogP contribution in [0.25, 0.3) is 11.1 Å². The van der Waals surface area contributed by atoms with E-state index in [0.717, 1.165) is 58.8 Å². The molecule has 0 unspecified atom stereocenters. The van der Waals surface area contributed by atoms with Gasteiger partial charge < -0.3 is 9.88 Å². The molecule has 0 atom stereocenters. The van der Waals surface area contributed by atoms with E-state index >= 15 is 0 Å². The van der Waals surface area contributed by atoms with Crippen LogP contribution in [0.2, 0.25) is 0 Å². The Morgan fingerprint density at radius 1 is 1.16 bits per heavy atom. The van der Waals surface area contributed by atoms with E-state index in [1.165, 1.54) is 10.4 Å². The van der Waals surface area contributed by atoms with Crippen LogP contribution in [0.1, 0.15) is 51.4 Å². The van der Waals surface area contributed by atoms with E-state index in [0.29, 0.717) is 5.69 Å². The first-order valence-corrected chi connectivity index (χ1v) is 11.5. The van der Waals surface area contributed by atoms with Crippen molar-refractivity contribution < 1.29 is 4.79 Å². The number of nitrogens with one attached hydrogen (secondary N) is 1. The molecule has 2 heterocycles. The first kappa shape index (κ1) is 21.6. The molecule has 3 aromatic rings. The van der Waals surface area contributed by atoms with Crippen LogP contribution < -0.4 is 5.32 Å². The van der Waals surface area contributed by atoms with E-state index in [-0.39, 0.29) is 5.57 Å². The lowest BCUT2D eigenvalue weighted by atomic mass is 9.96. The Balaban J connectivity index is 1.72. The maximum atomic E-state index is 12.8. The number of fused-ring (bicyclic) bond motifs is 1. The van der Waals surface area contributed by atoms with Gasteiger partial charge in [0.2, 0.25) is 0 Å². The van der Waals surface area contributed by atoms with Crippen molar-refractivity contribution in [1.82, 2.24) is 4.57 Å². The molecule has 0 saturated heterocycles. The molecule has 0 saturated carbocycles. The molecule has 4 rings (SSSR count). The Morgan fingerprint density at radius 2 is 1.91 bits per heavy atom. The zero-order valence-corrected chi connectivity index (χ0v) is 19.3. The van der Waals surface area contributed by atoms with Gasteiger partial charge in [-0.25, -0.2) is 0 Å². The molecule has 0 bridgehead atoms. The molecule has 0 spiro atoms. The number of thiophene rings is 1. The second-order valence-corrected chi connectivity index (χ2v) is 9.19. The first-order chi connectivity index (χ1) is 15.4. The highest BCUT2D eigenvalue weighted by Gasteiger charge is 2.24. The number of aromatic nitrogens is 1. The molecule has 0 radical (unpaired) electrons. The highest BCUT2D eigenvalue weighted by molar-refractivity contribution is 7.15. The second-order valence-electron chi connectivity index (χ2n) is 8.10. The van der Waals surface area contributed by atoms with Gasteiger partial charge in [-0.2, -0.15) is 10.5 Å². The molecule has 5 nitrogen and oxygen atoms in total. The van der Waals surface area contributed by atoms with E-state index < -0.39 is 5.91 Å². The fourth-order valence-corrected chi connectivity index (χ4v) is 5.73. The van der Waals surface area contributed by atoms with Crippen LogP contribution in [0.5, 0.6) is 0 Å². The summed E-state index contributed by atoms with van der Waals surface area (Å²) >= 11 is 1.69. The summed E-state index contributed by atoms with van der Waals surface area (Å²) in [6, 6.07) is 13.9. The number of aryl methyl sites for hydroxylation is 3. The number of nitrogens with zero attached hydrogens (tertiary/aromatic N) is 3. The van der Waals surface area contributed by atoms with Crippen molar-refractivity contribution in [1.29, 1.82) is 10.5 Å². The van der Waals surface area contributed by atoms with E-state index in [1.807, 2.05) is 57.2 Å². The van der Waals surface area contributed by atoms with E-state index in [4.69, 9.17) is 0 Å². The monoisotopic (exact) mass is 440 g/mol. The fraction of sp³-hybridized carbons (Fsp3) is 0.269. The van der Waals surface area contributed by atoms with Crippen molar-refractivity contribution in [3.8, 4) is 17.1 Å². The van der Waals surface area contributed by atoms with Gasteiger partial charge in [0.1, 0.15) is 22.7 Å². The van der Waals surface area contributed by atoms with Crippen molar-refractivity contribution >= 4 is 29.0 Å². The minimum absolute atomic E-state index is 0.0412. The summed E-state index contributed by atoms with van der Waals surface area (Å²) in [5, 5.41) is 23.3. The summed E-state index contributed by atoms with van der Waals surface area (Å²) < 4.78 is 2.08. The third kappa shape index (κ3) is 3.86. The van der Waals surface area contributed by atoms with Crippen LogP contribution in [0, 0.1) is 43.4 Å². The van der Waals surface area contributed by atoms with Gasteiger partial charge >= 0.3 is 0 Å². The number of hydrogen-bond acceptors (Lipinski definition) is 4. The molecule has 0 aliphatic heterocycles. The molecular formula is C26H24N4OS. The van der Waals surface area contributed by atoms with Crippen molar-refractivity contribution in [2.24, 2.45) is 0 Å². The molecule has 1 amide bonds. The van der Waals surface area contributed by atoms with Crippen LogP contribution in [0.15, 0.2) is 35.9 Å². The molecule has 1 aromatic carbocycles. The smallest absolute Gasteiger partial charge is 0.266 e. The molecule has 1 aliphatic carbocycles. The molecule has 0 fully saturated rings. The predicted molar refractivity (Wildman–Crippen MR) is 128 cm³/mol. The third-order valence-corrected chi connectivity index (χ3v) is 7.27. The minimum Gasteiger partial charge on any atom is -0.321 e. The number of anilines is 1. The van der Waals surface area contributed by atoms with Gasteiger partial charge in [0, 0.05) is 22.0 Å². The summed E-state index contributed by atoms with van der Waals surface area (Å²) in [7, 11) is 0. The summed E-state index contributed by atoms with van der Waals surface area (Å²) in [5.41, 5.74) is 6.30. The van der Waals surface area contributed by atoms with Crippen LogP contribution >= 0.6 is 11.3 Å². The van der Waals surface area contributed by atoms with Crippen LogP contribution in [-0.4, -0.2) is 10.5 Å². The van der Waals surface area contributed by atoms with Crippen molar-refractivity contribution in [2.45, 2.75) is 46.5 Å². The zero-order chi connectivity index (χ0) is 22.8. The normalized spacial score (nSPS) is 13.2. The Bertz CT molecular complexity index is 1330. The van der Waals surface area contributed by atoms with Gasteiger partial charge in [0.25, 0.3) is 5.91 Å². The average molecular weight is 441 g/mol. The maximum absolute atomic E-state index is 12.8. The number of para-hydroxylation sites is 1. The van der Waals surface area contributed by atoms with Gasteiger partial charge in [-0.3, -0.25) is 4.79 Å². The van der Waals surface area contributed by atoms with Crippen LogP contribution in [-0.2, 0) is 17.6 Å². The van der Waals surface area contributed by atoms with Crippen molar-refractivity contribution in [2.75, 3.05) is 5.32 Å². The summed E-state index contributed by atoms with van der Waals surface area (Å²) in [6.45, 7) is 5.86. The molecular weight excluding hydrogens is 416 g/mol. The largest absolute Gasteiger partial charge is 0.321 e. The highest BCUT2D eigenvalue weighted by Crippen LogP contribution is 2.38. The quantitative estimate of drug-likeness (QED) is 0.414. The topological polar surface area (TPSA) is 81.6 Å². The second kappa shape index (κ2) is 8.86. The zero-order valence-electron chi connectivity index (χ0n) is 18.5. The molecule has 160 valence electrons. The predicted octanol–water partition coefficient (Wildman–Crippen LogP) is 5.76. The molecule has 1 N–H and O–H groups in total. The summed E-state index contributed by atoms with van der Waals surface area (Å²) in [6.07, 6.45) is 5.90. The average Bonchev–Trinajstić information content (AvgIpc) is 3.28. The summed E-state index contributed by atoms with van der Waals surface area (Å²) in [5.74, 6) is -0.434. The Labute approximate surface area is 192 Å². The molecule has 1 aliphatic rings. The maximum Gasteiger partial charge on any atom is 0.266 e. The van der Waals surface area contributed by atoms with Crippen LogP contribution in [0.3, 0.4) is 0 Å². The van der Waals surface area contributed by atoms with Gasteiger partial charge in [0.05, 0.1) is 5.56 Å². The summed E-state index contributed by atoms with van der Waals surface area (Å²) in [4.78, 5) is 14.1. The van der Waals surface area contributed by atoms with Gasteiger partial charge in [-0.15, -0.1) is 11.3 Å². The number of amides is 1. The lowest BCUT2D eigenvalue weighted by Crippen LogP contribution is -2.14. The minimum atomic E-state index is -0.434. The molecule has 2 aromatic heterocycles. The number of hydrogen-bond donors (Lipinski definition) is 1. The lowest BCUT2D eigenvalue weighted by Gasteiger charge is -2.10. The number of carbonyl (C=O) groups is 1. The number of benzene rings is 1. The Hall–Kier alpha value is -3.61.